The van der Waals surface area contributed by atoms with Gasteiger partial charge >= 0.3 is 0 Å². The average molecular weight is 450 g/mol. The number of nitrogens with one attached hydrogen (secondary N) is 2. The maximum absolute atomic E-state index is 14.4. The Bertz CT molecular complexity index is 1310. The number of morpholine rings is 1. The summed E-state index contributed by atoms with van der Waals surface area (Å²) in [7, 11) is 0. The van der Waals surface area contributed by atoms with Crippen LogP contribution in [0.15, 0.2) is 54.7 Å². The molecule has 5 rings (SSSR count). The van der Waals surface area contributed by atoms with E-state index in [2.05, 4.69) is 15.3 Å². The number of aromatic amines is 1. The third-order valence-electron chi connectivity index (χ3n) is 5.56. The van der Waals surface area contributed by atoms with Crippen molar-refractivity contribution in [3.05, 3.63) is 71.9 Å². The van der Waals surface area contributed by atoms with Crippen LogP contribution in [0.2, 0.25) is 0 Å². The Morgan fingerprint density at radius 2 is 1.79 bits per heavy atom. The molecule has 0 radical (unpaired) electrons. The van der Waals surface area contributed by atoms with Crippen LogP contribution in [0, 0.1) is 11.6 Å². The van der Waals surface area contributed by atoms with Crippen LogP contribution in [-0.2, 0) is 4.74 Å². The maximum Gasteiger partial charge on any atom is 0.254 e. The molecule has 0 unspecified atom stereocenters. The first kappa shape index (κ1) is 20.9. The molecule has 1 saturated heterocycles. The number of nitrogens with zero attached hydrogens (tertiary/aromatic N) is 2. The zero-order valence-corrected chi connectivity index (χ0v) is 17.4. The van der Waals surface area contributed by atoms with Gasteiger partial charge in [0, 0.05) is 30.5 Å². The van der Waals surface area contributed by atoms with Gasteiger partial charge in [0.25, 0.3) is 5.91 Å². The van der Waals surface area contributed by atoms with E-state index in [9.17, 15) is 18.7 Å². The number of aromatic hydroxyl groups is 1. The summed E-state index contributed by atoms with van der Waals surface area (Å²) in [5, 5.41) is 13.8. The molecule has 3 N–H and O–H groups in total. The van der Waals surface area contributed by atoms with Crippen LogP contribution < -0.4 is 5.32 Å². The number of anilines is 2. The third kappa shape index (κ3) is 3.98. The number of benzene rings is 2. The number of amides is 1. The molecular weight excluding hydrogens is 430 g/mol. The zero-order chi connectivity index (χ0) is 22.9. The van der Waals surface area contributed by atoms with Crippen LogP contribution in [-0.4, -0.2) is 52.2 Å². The largest absolute Gasteiger partial charge is 0.494 e. The van der Waals surface area contributed by atoms with Gasteiger partial charge in [-0.25, -0.2) is 13.8 Å². The highest BCUT2D eigenvalue weighted by atomic mass is 19.1. The number of halogens is 2. The van der Waals surface area contributed by atoms with Gasteiger partial charge in [-0.3, -0.25) is 4.79 Å². The predicted octanol–water partition coefficient (Wildman–Crippen LogP) is 4.43. The van der Waals surface area contributed by atoms with Crippen LogP contribution in [0.25, 0.3) is 22.2 Å². The van der Waals surface area contributed by atoms with Crippen molar-refractivity contribution in [2.75, 3.05) is 31.6 Å². The number of hydrogen-bond donors (Lipinski definition) is 3. The highest BCUT2D eigenvalue weighted by molar-refractivity contribution is 5.99. The minimum absolute atomic E-state index is 0.0725. The summed E-state index contributed by atoms with van der Waals surface area (Å²) in [6, 6.07) is 11.9. The Morgan fingerprint density at radius 3 is 2.48 bits per heavy atom. The fourth-order valence-electron chi connectivity index (χ4n) is 3.90. The van der Waals surface area contributed by atoms with Gasteiger partial charge in [-0.15, -0.1) is 0 Å². The van der Waals surface area contributed by atoms with E-state index in [-0.39, 0.29) is 23.0 Å². The number of hydrogen-bond acceptors (Lipinski definition) is 5. The molecule has 1 fully saturated rings. The molecule has 0 aliphatic carbocycles. The van der Waals surface area contributed by atoms with Crippen molar-refractivity contribution < 1.29 is 23.4 Å². The van der Waals surface area contributed by atoms with E-state index >= 15 is 0 Å². The fourth-order valence-corrected chi connectivity index (χ4v) is 3.90. The minimum atomic E-state index is -0.737. The lowest BCUT2D eigenvalue weighted by Gasteiger charge is -2.26. The molecule has 0 atom stereocenters. The van der Waals surface area contributed by atoms with Gasteiger partial charge in [0.15, 0.2) is 5.88 Å². The lowest BCUT2D eigenvalue weighted by Crippen LogP contribution is -2.40. The third-order valence-corrected chi connectivity index (χ3v) is 5.56. The Balaban J connectivity index is 1.48. The molecule has 2 aromatic heterocycles. The second kappa shape index (κ2) is 8.51. The normalized spacial score (nSPS) is 13.9. The molecule has 4 aromatic rings. The van der Waals surface area contributed by atoms with Crippen molar-refractivity contribution in [1.82, 2.24) is 14.9 Å². The highest BCUT2D eigenvalue weighted by Crippen LogP contribution is 2.36. The van der Waals surface area contributed by atoms with Crippen molar-refractivity contribution in [1.29, 1.82) is 0 Å². The summed E-state index contributed by atoms with van der Waals surface area (Å²) in [5.74, 6) is -1.67. The lowest BCUT2D eigenvalue weighted by molar-refractivity contribution is 0.0303. The van der Waals surface area contributed by atoms with Crippen molar-refractivity contribution >= 4 is 28.2 Å². The number of rotatable bonds is 4. The van der Waals surface area contributed by atoms with Crippen LogP contribution in [0.3, 0.4) is 0 Å². The zero-order valence-electron chi connectivity index (χ0n) is 17.4. The monoisotopic (exact) mass is 450 g/mol. The van der Waals surface area contributed by atoms with E-state index in [1.165, 1.54) is 18.3 Å². The second-order valence-electron chi connectivity index (χ2n) is 7.66. The highest BCUT2D eigenvalue weighted by Gasteiger charge is 2.20. The molecule has 9 heteroatoms. The first-order chi connectivity index (χ1) is 16.0. The number of aromatic nitrogens is 2. The van der Waals surface area contributed by atoms with Crippen molar-refractivity contribution in [2.45, 2.75) is 0 Å². The lowest BCUT2D eigenvalue weighted by atomic mass is 10.1. The standard InChI is InChI=1S/C24H20F2N4O3/c25-16-2-1-3-17(26)21(16)18-12-19(22-20(29-18)13-27-23(22)31)28-15-6-4-14(5-7-15)24(32)30-8-10-33-11-9-30/h1-7,12-13,27-28,31H,8-11H2. The summed E-state index contributed by atoms with van der Waals surface area (Å²) in [5.41, 5.74) is 1.74. The molecule has 0 spiro atoms. The number of fused-ring (bicyclic) bond motifs is 1. The van der Waals surface area contributed by atoms with Crippen molar-refractivity contribution in [3.63, 3.8) is 0 Å². The predicted molar refractivity (Wildman–Crippen MR) is 120 cm³/mol. The van der Waals surface area contributed by atoms with Crippen LogP contribution >= 0.6 is 0 Å². The van der Waals surface area contributed by atoms with E-state index in [1.807, 2.05) is 0 Å². The Kier molecular flexibility index (Phi) is 5.39. The van der Waals surface area contributed by atoms with E-state index in [1.54, 1.807) is 29.2 Å². The van der Waals surface area contributed by atoms with E-state index < -0.39 is 11.6 Å². The molecular formula is C24H20F2N4O3. The summed E-state index contributed by atoms with van der Waals surface area (Å²) >= 11 is 0. The Morgan fingerprint density at radius 1 is 1.09 bits per heavy atom. The van der Waals surface area contributed by atoms with Gasteiger partial charge in [-0.1, -0.05) is 6.07 Å². The minimum Gasteiger partial charge on any atom is -0.494 e. The molecule has 2 aromatic carbocycles. The molecule has 1 aliphatic rings. The molecule has 0 bridgehead atoms. The number of ether oxygens (including phenoxy) is 1. The SMILES string of the molecule is O=C(c1ccc(Nc2cc(-c3c(F)cccc3F)nc3c[nH]c(O)c23)cc1)N1CCOCC1. The number of pyridine rings is 1. The summed E-state index contributed by atoms with van der Waals surface area (Å²) in [6.45, 7) is 2.15. The molecule has 168 valence electrons. The number of carbonyl (C=O) groups excluding carboxylic acids is 1. The van der Waals surface area contributed by atoms with Crippen LogP contribution in [0.5, 0.6) is 5.88 Å². The van der Waals surface area contributed by atoms with Gasteiger partial charge in [0.05, 0.1) is 41.1 Å². The first-order valence-electron chi connectivity index (χ1n) is 10.4. The molecule has 7 nitrogen and oxygen atoms in total. The Labute approximate surface area is 187 Å². The molecule has 1 amide bonds. The number of H-pyrrole nitrogens is 1. The van der Waals surface area contributed by atoms with Gasteiger partial charge in [0.1, 0.15) is 11.6 Å². The van der Waals surface area contributed by atoms with Crippen molar-refractivity contribution in [3.8, 4) is 17.1 Å². The van der Waals surface area contributed by atoms with Crippen molar-refractivity contribution in [2.24, 2.45) is 0 Å². The summed E-state index contributed by atoms with van der Waals surface area (Å²) in [4.78, 5) is 21.4. The topological polar surface area (TPSA) is 90.5 Å². The number of carbonyl (C=O) groups is 1. The van der Waals surface area contributed by atoms with E-state index in [4.69, 9.17) is 4.74 Å². The van der Waals surface area contributed by atoms with Gasteiger partial charge in [0.2, 0.25) is 0 Å². The fraction of sp³-hybridized carbons (Fsp3) is 0.167. The van der Waals surface area contributed by atoms with E-state index in [0.29, 0.717) is 54.1 Å². The Hall–Kier alpha value is -3.98. The maximum atomic E-state index is 14.4. The first-order valence-corrected chi connectivity index (χ1v) is 10.4. The summed E-state index contributed by atoms with van der Waals surface area (Å²) in [6.07, 6.45) is 1.46. The average Bonchev–Trinajstić information content (AvgIpc) is 3.20. The van der Waals surface area contributed by atoms with Gasteiger partial charge in [-0.05, 0) is 42.5 Å². The second-order valence-corrected chi connectivity index (χ2v) is 7.66. The van der Waals surface area contributed by atoms with Crippen LogP contribution in [0.4, 0.5) is 20.2 Å². The van der Waals surface area contributed by atoms with Gasteiger partial charge in [-0.2, -0.15) is 0 Å². The summed E-state index contributed by atoms with van der Waals surface area (Å²) < 4.78 is 34.0. The van der Waals surface area contributed by atoms with Crippen LogP contribution in [0.1, 0.15) is 10.4 Å². The van der Waals surface area contributed by atoms with Gasteiger partial charge < -0.3 is 25.0 Å². The molecule has 3 heterocycles. The van der Waals surface area contributed by atoms with E-state index in [0.717, 1.165) is 12.1 Å². The molecule has 33 heavy (non-hydrogen) atoms. The molecule has 0 saturated carbocycles. The smallest absolute Gasteiger partial charge is 0.254 e. The quantitative estimate of drug-likeness (QED) is 0.428. The molecule has 1 aliphatic heterocycles.